The number of hydrogen-bond acceptors (Lipinski definition) is 4. The van der Waals surface area contributed by atoms with Gasteiger partial charge in [0.1, 0.15) is 0 Å². The predicted molar refractivity (Wildman–Crippen MR) is 99.4 cm³/mol. The van der Waals surface area contributed by atoms with E-state index in [1.165, 1.54) is 3.58 Å². The zero-order valence-electron chi connectivity index (χ0n) is 11.8. The fourth-order valence-electron chi connectivity index (χ4n) is 2.78. The second-order valence-electron chi connectivity index (χ2n) is 5.91. The first kappa shape index (κ1) is 17.2. The second-order valence-corrected chi connectivity index (χ2v) is 51.3. The van der Waals surface area contributed by atoms with Crippen LogP contribution in [0.4, 0.5) is 0 Å². The fourth-order valence-corrected chi connectivity index (χ4v) is 18.4. The Bertz CT molecular complexity index is 511. The van der Waals surface area contributed by atoms with E-state index in [2.05, 4.69) is 61.5 Å². The summed E-state index contributed by atoms with van der Waals surface area (Å²) in [5.74, 6) is -0.671. The first-order chi connectivity index (χ1) is 9.78. The van der Waals surface area contributed by atoms with E-state index in [4.69, 9.17) is 14.2 Å². The monoisotopic (exact) mass is 624 g/mol. The molecule has 0 bridgehead atoms. The van der Waals surface area contributed by atoms with Gasteiger partial charge >= 0.3 is 150 Å². The van der Waals surface area contributed by atoms with Crippen LogP contribution in [0.5, 0.6) is 0 Å². The van der Waals surface area contributed by atoms with E-state index in [0.29, 0.717) is 0 Å². The van der Waals surface area contributed by atoms with Gasteiger partial charge in [0.25, 0.3) is 0 Å². The van der Waals surface area contributed by atoms with Crippen molar-refractivity contribution >= 4 is 51.3 Å². The van der Waals surface area contributed by atoms with E-state index < -0.39 is 28.6 Å². The average Bonchev–Trinajstić information content (AvgIpc) is 2.85. The summed E-state index contributed by atoms with van der Waals surface area (Å²) in [6.45, 7) is 3.70. The van der Waals surface area contributed by atoms with Crippen LogP contribution >= 0.6 is 37.3 Å². The number of ether oxygens (including phenoxy) is 3. The summed E-state index contributed by atoms with van der Waals surface area (Å²) in [4.78, 5) is 0. The summed E-state index contributed by atoms with van der Waals surface area (Å²) in [5, 5.41) is 10.5. The third-order valence-electron chi connectivity index (χ3n) is 3.77. The molecule has 0 unspecified atom stereocenters. The molecule has 4 nitrogen and oxygen atoms in total. The number of rotatable bonds is 3. The molecule has 2 aliphatic heterocycles. The van der Waals surface area contributed by atoms with Crippen molar-refractivity contribution < 1.29 is 19.3 Å². The standard InChI is InChI=1S/C8H13O4.C6H5.2HI.Sn/c1-4-5(9)6-7(10-4)12-8(2,3)11-6;1-2-4-6-5-3-1;;;/h4-7,9H,1H2,2-3H3;1-5H;2*1H;/q;;;;+2/p-2/t4-,5+,6-,7-;;;;/m0..../s1. The number of hydrogen-bond donors (Lipinski definition) is 1. The zero-order valence-corrected chi connectivity index (χ0v) is 19.0. The van der Waals surface area contributed by atoms with Crippen LogP contribution in [0.2, 0.25) is 4.44 Å². The fraction of sp³-hybridized carbons (Fsp3) is 0.571. The predicted octanol–water partition coefficient (Wildman–Crippen LogP) is 2.44. The van der Waals surface area contributed by atoms with Gasteiger partial charge in [-0.2, -0.15) is 0 Å². The Morgan fingerprint density at radius 3 is 2.48 bits per heavy atom. The van der Waals surface area contributed by atoms with Crippen LogP contribution < -0.4 is 3.58 Å². The maximum absolute atomic E-state index is 10.5. The van der Waals surface area contributed by atoms with Crippen LogP contribution in [0, 0.1) is 0 Å². The summed E-state index contributed by atoms with van der Waals surface area (Å²) in [6, 6.07) is 10.6. The molecule has 2 aliphatic rings. The van der Waals surface area contributed by atoms with Crippen molar-refractivity contribution in [2.24, 2.45) is 0 Å². The maximum atomic E-state index is 10.5. The van der Waals surface area contributed by atoms with Crippen LogP contribution in [-0.4, -0.2) is 45.9 Å². The quantitative estimate of drug-likeness (QED) is 0.416. The Hall–Kier alpha value is 1.32. The van der Waals surface area contributed by atoms with E-state index in [-0.39, 0.29) is 12.2 Å². The van der Waals surface area contributed by atoms with Gasteiger partial charge in [-0.25, -0.2) is 0 Å². The summed E-state index contributed by atoms with van der Waals surface area (Å²) in [6.07, 6.45) is -1.61. The Kier molecular flexibility index (Phi) is 5.16. The molecule has 1 aromatic rings. The van der Waals surface area contributed by atoms with E-state index in [1.54, 1.807) is 0 Å². The molecule has 21 heavy (non-hydrogen) atoms. The van der Waals surface area contributed by atoms with Gasteiger partial charge in [-0.05, 0) is 0 Å². The van der Waals surface area contributed by atoms with Gasteiger partial charge in [-0.3, -0.25) is 0 Å². The van der Waals surface area contributed by atoms with E-state index in [1.807, 2.05) is 19.9 Å². The van der Waals surface area contributed by atoms with Crippen molar-refractivity contribution in [3.8, 4) is 0 Å². The minimum atomic E-state index is -2.54. The van der Waals surface area contributed by atoms with Crippen LogP contribution in [0.1, 0.15) is 13.8 Å². The SMILES string of the molecule is CC1(C)O[C@@H]2O[C@@H]([CH2][Sn]([I])([I])[c]3ccccc3)[C@@H](O)[C@@H]2O1. The second kappa shape index (κ2) is 6.32. The third-order valence-corrected chi connectivity index (χ3v) is 24.0. The van der Waals surface area contributed by atoms with Crippen molar-refractivity contribution in [1.82, 2.24) is 0 Å². The van der Waals surface area contributed by atoms with E-state index in [9.17, 15) is 5.11 Å². The molecule has 0 amide bonds. The van der Waals surface area contributed by atoms with Gasteiger partial charge in [-0.1, -0.05) is 0 Å². The normalized spacial score (nSPS) is 34.9. The molecule has 1 aromatic carbocycles. The first-order valence-corrected chi connectivity index (χ1v) is 27.0. The van der Waals surface area contributed by atoms with Crippen LogP contribution in [0.15, 0.2) is 30.3 Å². The molecule has 2 heterocycles. The van der Waals surface area contributed by atoms with E-state index in [0.717, 1.165) is 4.44 Å². The minimum absolute atomic E-state index is 0.194. The van der Waals surface area contributed by atoms with Gasteiger partial charge in [0.2, 0.25) is 0 Å². The molecule has 0 saturated carbocycles. The van der Waals surface area contributed by atoms with Crippen molar-refractivity contribution in [3.05, 3.63) is 30.3 Å². The van der Waals surface area contributed by atoms with Crippen molar-refractivity contribution in [2.75, 3.05) is 0 Å². The third kappa shape index (κ3) is 3.71. The summed E-state index contributed by atoms with van der Waals surface area (Å²) in [5.41, 5.74) is 0. The van der Waals surface area contributed by atoms with Gasteiger partial charge in [0.15, 0.2) is 0 Å². The molecular weight excluding hydrogens is 605 g/mol. The Morgan fingerprint density at radius 2 is 1.86 bits per heavy atom. The number of halogens is 2. The molecule has 7 heteroatoms. The summed E-state index contributed by atoms with van der Waals surface area (Å²) >= 11 is 5.23. The molecule has 0 spiro atoms. The van der Waals surface area contributed by atoms with Crippen LogP contribution in [0.3, 0.4) is 0 Å². The van der Waals surface area contributed by atoms with Crippen molar-refractivity contribution in [2.45, 2.75) is 48.7 Å². The molecule has 4 atom stereocenters. The molecule has 0 aliphatic carbocycles. The number of benzene rings is 1. The van der Waals surface area contributed by atoms with Crippen molar-refractivity contribution in [1.29, 1.82) is 0 Å². The molecule has 3 rings (SSSR count). The Balaban J connectivity index is 1.70. The molecular formula is C14H18I2O4Sn. The molecule has 2 saturated heterocycles. The number of fused-ring (bicyclic) bond motifs is 1. The molecule has 116 valence electrons. The van der Waals surface area contributed by atoms with E-state index >= 15 is 0 Å². The van der Waals surface area contributed by atoms with Crippen LogP contribution in [-0.2, 0) is 14.2 Å². The molecule has 2 fully saturated rings. The molecule has 1 N–H and O–H groups in total. The zero-order chi connectivity index (χ0) is 15.3. The van der Waals surface area contributed by atoms with Gasteiger partial charge in [0, 0.05) is 0 Å². The number of aliphatic hydroxyl groups is 1. The Morgan fingerprint density at radius 1 is 1.19 bits per heavy atom. The topological polar surface area (TPSA) is 47.9 Å². The van der Waals surface area contributed by atoms with Crippen molar-refractivity contribution in [3.63, 3.8) is 0 Å². The average molecular weight is 623 g/mol. The van der Waals surface area contributed by atoms with Gasteiger partial charge < -0.3 is 0 Å². The molecule has 0 radical (unpaired) electrons. The summed E-state index contributed by atoms with van der Waals surface area (Å²) in [7, 11) is -2.54. The van der Waals surface area contributed by atoms with Gasteiger partial charge in [0.05, 0.1) is 0 Å². The van der Waals surface area contributed by atoms with Crippen LogP contribution in [0.25, 0.3) is 0 Å². The van der Waals surface area contributed by atoms with Gasteiger partial charge in [-0.15, -0.1) is 0 Å². The Labute approximate surface area is 148 Å². The molecule has 0 aromatic heterocycles. The summed E-state index contributed by atoms with van der Waals surface area (Å²) < 4.78 is 19.7. The number of aliphatic hydroxyl groups excluding tert-OH is 1. The first-order valence-electron chi connectivity index (χ1n) is 6.91.